The molecule has 4 aliphatic heterocycles. The predicted octanol–water partition coefficient (Wildman–Crippen LogP) is 1.90. The van der Waals surface area contributed by atoms with E-state index in [-0.39, 0.29) is 17.9 Å². The number of carbonyl (C=O) groups is 2. The lowest BCUT2D eigenvalue weighted by molar-refractivity contribution is -0.141. The number of rotatable bonds is 3. The van der Waals surface area contributed by atoms with Gasteiger partial charge in [0.25, 0.3) is 0 Å². The van der Waals surface area contributed by atoms with Crippen LogP contribution in [0.3, 0.4) is 0 Å². The van der Waals surface area contributed by atoms with Crippen molar-refractivity contribution >= 4 is 11.9 Å². The summed E-state index contributed by atoms with van der Waals surface area (Å²) in [5.74, 6) is 0.889. The van der Waals surface area contributed by atoms with Crippen LogP contribution in [-0.4, -0.2) is 78.5 Å². The van der Waals surface area contributed by atoms with E-state index in [1.807, 2.05) is 16.8 Å². The molecule has 2 unspecified atom stereocenters. The molecule has 5 aliphatic rings. The van der Waals surface area contributed by atoms with Gasteiger partial charge in [-0.2, -0.15) is 0 Å². The van der Waals surface area contributed by atoms with Crippen molar-refractivity contribution in [1.82, 2.24) is 20.0 Å². The van der Waals surface area contributed by atoms with Gasteiger partial charge in [0, 0.05) is 38.8 Å². The third-order valence-electron chi connectivity index (χ3n) is 7.21. The Morgan fingerprint density at radius 1 is 0.923 bits per heavy atom. The highest BCUT2D eigenvalue weighted by molar-refractivity contribution is 5.81. The number of nitrogens with one attached hydrogen (secondary N) is 1. The Balaban J connectivity index is 1.33. The summed E-state index contributed by atoms with van der Waals surface area (Å²) in [7, 11) is 1.99. The maximum absolute atomic E-state index is 13.1. The zero-order chi connectivity index (χ0) is 18.1. The van der Waals surface area contributed by atoms with Crippen LogP contribution in [-0.2, 0) is 4.79 Å². The van der Waals surface area contributed by atoms with Crippen LogP contribution in [0.15, 0.2) is 0 Å². The van der Waals surface area contributed by atoms with Gasteiger partial charge in [0.2, 0.25) is 5.91 Å². The highest BCUT2D eigenvalue weighted by Crippen LogP contribution is 2.31. The predicted molar refractivity (Wildman–Crippen MR) is 101 cm³/mol. The number of likely N-dealkylation sites (N-methyl/N-ethyl adjacent to an activating group) is 1. The summed E-state index contributed by atoms with van der Waals surface area (Å²) < 4.78 is 0. The Morgan fingerprint density at radius 3 is 2.31 bits per heavy atom. The van der Waals surface area contributed by atoms with Gasteiger partial charge in [-0.1, -0.05) is 12.8 Å². The minimum atomic E-state index is -0.0291. The fourth-order valence-corrected chi connectivity index (χ4v) is 5.52. The summed E-state index contributed by atoms with van der Waals surface area (Å²) in [6, 6.07) is 0.751. The highest BCUT2D eigenvalue weighted by atomic mass is 16.2. The van der Waals surface area contributed by atoms with Gasteiger partial charge in [-0.05, 0) is 57.5 Å². The zero-order valence-corrected chi connectivity index (χ0v) is 16.2. The Kier molecular flexibility index (Phi) is 5.39. The van der Waals surface area contributed by atoms with Crippen molar-refractivity contribution in [2.75, 3.05) is 39.8 Å². The average Bonchev–Trinajstić information content (AvgIpc) is 3.20. The molecule has 1 N–H and O–H groups in total. The second-order valence-corrected chi connectivity index (χ2v) is 8.87. The van der Waals surface area contributed by atoms with E-state index in [4.69, 9.17) is 0 Å². The number of fused-ring (bicyclic) bond motifs is 3. The molecule has 26 heavy (non-hydrogen) atoms. The van der Waals surface area contributed by atoms with E-state index < -0.39 is 0 Å². The normalized spacial score (nSPS) is 34.7. The minimum absolute atomic E-state index is 0.0291. The van der Waals surface area contributed by atoms with Crippen molar-refractivity contribution in [2.24, 2.45) is 11.8 Å². The largest absolute Gasteiger partial charge is 0.341 e. The summed E-state index contributed by atoms with van der Waals surface area (Å²) >= 11 is 0. The number of carbonyl (C=O) groups excluding carboxylic acids is 2. The number of piperidine rings is 4. The van der Waals surface area contributed by atoms with Crippen molar-refractivity contribution < 1.29 is 9.59 Å². The monoisotopic (exact) mass is 362 g/mol. The molecule has 4 heterocycles. The molecule has 146 valence electrons. The Bertz CT molecular complexity index is 526. The van der Waals surface area contributed by atoms with Gasteiger partial charge in [0.05, 0.1) is 5.92 Å². The minimum Gasteiger partial charge on any atom is -0.341 e. The first-order valence-electron chi connectivity index (χ1n) is 10.7. The molecule has 5 rings (SSSR count). The molecule has 2 bridgehead atoms. The first-order valence-corrected chi connectivity index (χ1v) is 10.7. The van der Waals surface area contributed by atoms with Crippen LogP contribution in [0.25, 0.3) is 0 Å². The molecule has 0 aromatic carbocycles. The van der Waals surface area contributed by atoms with E-state index in [9.17, 15) is 9.59 Å². The summed E-state index contributed by atoms with van der Waals surface area (Å²) in [5, 5.41) is 3.18. The van der Waals surface area contributed by atoms with E-state index in [1.54, 1.807) is 0 Å². The van der Waals surface area contributed by atoms with Crippen LogP contribution in [0.2, 0.25) is 0 Å². The van der Waals surface area contributed by atoms with Gasteiger partial charge in [0.15, 0.2) is 0 Å². The number of urea groups is 1. The Labute approximate surface area is 157 Å². The van der Waals surface area contributed by atoms with Crippen molar-refractivity contribution in [3.63, 3.8) is 0 Å². The van der Waals surface area contributed by atoms with Crippen molar-refractivity contribution in [3.05, 3.63) is 0 Å². The molecule has 0 aromatic heterocycles. The molecule has 0 spiro atoms. The second kappa shape index (κ2) is 7.75. The van der Waals surface area contributed by atoms with E-state index >= 15 is 0 Å². The van der Waals surface area contributed by atoms with Crippen LogP contribution in [0, 0.1) is 11.8 Å². The Hall–Kier alpha value is -1.30. The van der Waals surface area contributed by atoms with E-state index in [0.717, 1.165) is 38.8 Å². The fourth-order valence-electron chi connectivity index (χ4n) is 5.52. The van der Waals surface area contributed by atoms with Crippen LogP contribution in [0.1, 0.15) is 51.4 Å². The van der Waals surface area contributed by atoms with E-state index in [2.05, 4.69) is 10.2 Å². The first-order chi connectivity index (χ1) is 12.6. The molecule has 5 fully saturated rings. The van der Waals surface area contributed by atoms with Gasteiger partial charge in [-0.15, -0.1) is 0 Å². The molecule has 6 nitrogen and oxygen atoms in total. The van der Waals surface area contributed by atoms with Gasteiger partial charge < -0.3 is 20.0 Å². The Morgan fingerprint density at radius 2 is 1.65 bits per heavy atom. The van der Waals surface area contributed by atoms with Crippen molar-refractivity contribution in [1.29, 1.82) is 0 Å². The number of hydrogen-bond acceptors (Lipinski definition) is 3. The summed E-state index contributed by atoms with van der Waals surface area (Å²) in [6.07, 6.45) is 8.94. The topological polar surface area (TPSA) is 55.9 Å². The third kappa shape index (κ3) is 3.71. The van der Waals surface area contributed by atoms with E-state index in [0.29, 0.717) is 24.5 Å². The molecule has 0 aromatic rings. The first kappa shape index (κ1) is 18.1. The molecule has 6 heteroatoms. The van der Waals surface area contributed by atoms with E-state index in [1.165, 1.54) is 38.8 Å². The molecule has 0 radical (unpaired) electrons. The number of amides is 3. The van der Waals surface area contributed by atoms with Crippen LogP contribution < -0.4 is 5.32 Å². The molecule has 3 amide bonds. The smallest absolute Gasteiger partial charge is 0.317 e. The third-order valence-corrected chi connectivity index (χ3v) is 7.21. The highest BCUT2D eigenvalue weighted by Gasteiger charge is 2.40. The number of nitrogens with zero attached hydrogens (tertiary/aromatic N) is 3. The van der Waals surface area contributed by atoms with Gasteiger partial charge in [-0.25, -0.2) is 4.79 Å². The molecule has 1 saturated carbocycles. The zero-order valence-electron chi connectivity index (χ0n) is 16.2. The summed E-state index contributed by atoms with van der Waals surface area (Å²) in [5.41, 5.74) is 0. The summed E-state index contributed by atoms with van der Waals surface area (Å²) in [6.45, 7) is 4.80. The molecule has 2 atom stereocenters. The quantitative estimate of drug-likeness (QED) is 0.834. The van der Waals surface area contributed by atoms with Crippen molar-refractivity contribution in [2.45, 2.75) is 63.5 Å². The number of likely N-dealkylation sites (tertiary alicyclic amines) is 1. The van der Waals surface area contributed by atoms with Crippen LogP contribution >= 0.6 is 0 Å². The summed E-state index contributed by atoms with van der Waals surface area (Å²) in [4.78, 5) is 32.1. The maximum Gasteiger partial charge on any atom is 0.317 e. The van der Waals surface area contributed by atoms with Crippen LogP contribution in [0.5, 0.6) is 0 Å². The van der Waals surface area contributed by atoms with Gasteiger partial charge in [-0.3, -0.25) is 4.79 Å². The molecule has 1 aliphatic carbocycles. The lowest BCUT2D eigenvalue weighted by Gasteiger charge is -2.49. The van der Waals surface area contributed by atoms with Gasteiger partial charge in [0.1, 0.15) is 0 Å². The molecule has 4 saturated heterocycles. The lowest BCUT2D eigenvalue weighted by Crippen LogP contribution is -2.59. The number of hydrogen-bond donors (Lipinski definition) is 1. The second-order valence-electron chi connectivity index (χ2n) is 8.87. The SMILES string of the molecule is CN(C(=O)C1CCCN(C(=O)NC2CCCC2)C1)C1CN2CCC1CC2. The standard InChI is InChI=1S/C20H34N4O2/c1-22(18-14-23-11-8-15(18)9-12-23)19(25)16-5-4-10-24(13-16)20(26)21-17-6-2-3-7-17/h15-18H,2-14H2,1H3,(H,21,26). The van der Waals surface area contributed by atoms with Crippen LogP contribution in [0.4, 0.5) is 4.79 Å². The molecular weight excluding hydrogens is 328 g/mol. The fraction of sp³-hybridized carbons (Fsp3) is 0.900. The van der Waals surface area contributed by atoms with Crippen molar-refractivity contribution in [3.8, 4) is 0 Å². The lowest BCUT2D eigenvalue weighted by atomic mass is 9.82. The maximum atomic E-state index is 13.1. The molecular formula is C20H34N4O2. The van der Waals surface area contributed by atoms with Gasteiger partial charge >= 0.3 is 6.03 Å². The average molecular weight is 363 g/mol.